The lowest BCUT2D eigenvalue weighted by atomic mass is 10.1. The molecule has 0 atom stereocenters. The van der Waals surface area contributed by atoms with Crippen LogP contribution in [0.2, 0.25) is 0 Å². The minimum absolute atomic E-state index is 0.0110. The van der Waals surface area contributed by atoms with Crippen LogP contribution in [0.4, 0.5) is 5.69 Å². The van der Waals surface area contributed by atoms with Crippen molar-refractivity contribution >= 4 is 45.5 Å². The number of thioether (sulfide) groups is 1. The summed E-state index contributed by atoms with van der Waals surface area (Å²) in [6.07, 6.45) is 0. The number of amides is 1. The normalized spacial score (nSPS) is 10.7. The Bertz CT molecular complexity index is 783. The van der Waals surface area contributed by atoms with E-state index in [9.17, 15) is 4.79 Å². The van der Waals surface area contributed by atoms with Gasteiger partial charge in [-0.15, -0.1) is 11.3 Å². The molecule has 1 heterocycles. The lowest BCUT2D eigenvalue weighted by molar-refractivity contribution is -0.113. The van der Waals surface area contributed by atoms with E-state index in [1.54, 1.807) is 11.3 Å². The molecule has 3 rings (SSSR count). The third-order valence-corrected chi connectivity index (χ3v) is 5.10. The molecule has 0 aliphatic rings. The Morgan fingerprint density at radius 2 is 2.05 bits per heavy atom. The first kappa shape index (κ1) is 14.1. The topological polar surface area (TPSA) is 42.0 Å². The monoisotopic (exact) mass is 314 g/mol. The third kappa shape index (κ3) is 3.62. The quantitative estimate of drug-likeness (QED) is 0.729. The molecule has 0 saturated carbocycles. The summed E-state index contributed by atoms with van der Waals surface area (Å²) in [5, 5.41) is 7.21. The maximum atomic E-state index is 12.0. The van der Waals surface area contributed by atoms with E-state index in [1.165, 1.54) is 17.1 Å². The first-order valence-corrected chi connectivity index (χ1v) is 8.41. The second-order valence-electron chi connectivity index (χ2n) is 4.65. The summed E-state index contributed by atoms with van der Waals surface area (Å²) in [5.41, 5.74) is 1.83. The van der Waals surface area contributed by atoms with Gasteiger partial charge in [0.05, 0.1) is 5.75 Å². The van der Waals surface area contributed by atoms with Gasteiger partial charge in [-0.3, -0.25) is 4.79 Å². The molecule has 106 valence electrons. The van der Waals surface area contributed by atoms with Crippen LogP contribution in [0.25, 0.3) is 10.8 Å². The highest BCUT2D eigenvalue weighted by atomic mass is 32.2. The summed E-state index contributed by atoms with van der Waals surface area (Å²) in [6, 6.07) is 14.0. The summed E-state index contributed by atoms with van der Waals surface area (Å²) in [4.78, 5) is 16.3. The van der Waals surface area contributed by atoms with Crippen molar-refractivity contribution in [3.8, 4) is 0 Å². The van der Waals surface area contributed by atoms with E-state index in [0.29, 0.717) is 5.75 Å². The first-order chi connectivity index (χ1) is 10.2. The summed E-state index contributed by atoms with van der Waals surface area (Å²) in [6.45, 7) is 1.95. The predicted octanol–water partition coefficient (Wildman–Crippen LogP) is 4.34. The number of benzene rings is 2. The molecule has 0 aliphatic carbocycles. The van der Waals surface area contributed by atoms with Gasteiger partial charge in [0.2, 0.25) is 5.91 Å². The molecule has 0 fully saturated rings. The molecule has 5 heteroatoms. The number of carbonyl (C=O) groups is 1. The number of aryl methyl sites for hydroxylation is 1. The standard InChI is InChI=1S/C16H14N2OS2/c1-11-9-20-16(17-11)21-10-15(19)18-14-7-6-12-4-2-3-5-13(12)8-14/h2-9H,10H2,1H3,(H,18,19). The van der Waals surface area contributed by atoms with Crippen molar-refractivity contribution in [2.24, 2.45) is 0 Å². The Labute approximate surface area is 131 Å². The van der Waals surface area contributed by atoms with Crippen molar-refractivity contribution in [3.63, 3.8) is 0 Å². The number of nitrogens with one attached hydrogen (secondary N) is 1. The zero-order valence-electron chi connectivity index (χ0n) is 11.5. The highest BCUT2D eigenvalue weighted by molar-refractivity contribution is 8.01. The van der Waals surface area contributed by atoms with Crippen molar-refractivity contribution < 1.29 is 4.79 Å². The van der Waals surface area contributed by atoms with E-state index >= 15 is 0 Å². The third-order valence-electron chi connectivity index (χ3n) is 2.96. The average molecular weight is 314 g/mol. The van der Waals surface area contributed by atoms with E-state index in [2.05, 4.69) is 16.4 Å². The van der Waals surface area contributed by atoms with Crippen molar-refractivity contribution in [3.05, 3.63) is 53.5 Å². The molecule has 21 heavy (non-hydrogen) atoms. The average Bonchev–Trinajstić information content (AvgIpc) is 2.91. The molecule has 0 aliphatic heterocycles. The number of hydrogen-bond acceptors (Lipinski definition) is 4. The molecule has 0 radical (unpaired) electrons. The predicted molar refractivity (Wildman–Crippen MR) is 90.2 cm³/mol. The van der Waals surface area contributed by atoms with Gasteiger partial charge in [-0.1, -0.05) is 42.1 Å². The number of nitrogens with zero attached hydrogens (tertiary/aromatic N) is 1. The van der Waals surface area contributed by atoms with E-state index in [1.807, 2.05) is 48.7 Å². The summed E-state index contributed by atoms with van der Waals surface area (Å²) in [5.74, 6) is 0.364. The molecule has 0 unspecified atom stereocenters. The summed E-state index contributed by atoms with van der Waals surface area (Å²) in [7, 11) is 0. The van der Waals surface area contributed by atoms with E-state index in [-0.39, 0.29) is 5.91 Å². The number of fused-ring (bicyclic) bond motifs is 1. The fraction of sp³-hybridized carbons (Fsp3) is 0.125. The maximum Gasteiger partial charge on any atom is 0.234 e. The van der Waals surface area contributed by atoms with Gasteiger partial charge >= 0.3 is 0 Å². The van der Waals surface area contributed by atoms with Crippen LogP contribution in [0.1, 0.15) is 5.69 Å². The largest absolute Gasteiger partial charge is 0.325 e. The van der Waals surface area contributed by atoms with Gasteiger partial charge in [-0.2, -0.15) is 0 Å². The second-order valence-corrected chi connectivity index (χ2v) is 6.73. The number of anilines is 1. The molecule has 0 bridgehead atoms. The Morgan fingerprint density at radius 3 is 2.81 bits per heavy atom. The zero-order chi connectivity index (χ0) is 14.7. The van der Waals surface area contributed by atoms with Crippen LogP contribution in [0.15, 0.2) is 52.2 Å². The zero-order valence-corrected chi connectivity index (χ0v) is 13.1. The Morgan fingerprint density at radius 1 is 1.24 bits per heavy atom. The van der Waals surface area contributed by atoms with Crippen molar-refractivity contribution in [2.45, 2.75) is 11.3 Å². The molecular formula is C16H14N2OS2. The van der Waals surface area contributed by atoms with Gasteiger partial charge in [0.1, 0.15) is 0 Å². The fourth-order valence-corrected chi connectivity index (χ4v) is 3.64. The Kier molecular flexibility index (Phi) is 4.22. The second kappa shape index (κ2) is 6.28. The Hall–Kier alpha value is -1.85. The lowest BCUT2D eigenvalue weighted by Gasteiger charge is -2.06. The van der Waals surface area contributed by atoms with E-state index < -0.39 is 0 Å². The maximum absolute atomic E-state index is 12.0. The minimum atomic E-state index is -0.0110. The minimum Gasteiger partial charge on any atom is -0.325 e. The van der Waals surface area contributed by atoms with Crippen molar-refractivity contribution in [2.75, 3.05) is 11.1 Å². The molecule has 2 aromatic carbocycles. The van der Waals surface area contributed by atoms with Crippen LogP contribution in [-0.4, -0.2) is 16.6 Å². The van der Waals surface area contributed by atoms with Gasteiger partial charge in [-0.05, 0) is 29.8 Å². The van der Waals surface area contributed by atoms with Gasteiger partial charge in [0.25, 0.3) is 0 Å². The molecule has 3 aromatic rings. The smallest absolute Gasteiger partial charge is 0.234 e. The van der Waals surface area contributed by atoms with Crippen LogP contribution in [0.3, 0.4) is 0 Å². The molecular weight excluding hydrogens is 300 g/mol. The molecule has 1 aromatic heterocycles. The fourth-order valence-electron chi connectivity index (χ4n) is 1.99. The first-order valence-electron chi connectivity index (χ1n) is 6.54. The summed E-state index contributed by atoms with van der Waals surface area (Å²) < 4.78 is 0.932. The molecule has 1 amide bonds. The molecule has 0 spiro atoms. The van der Waals surface area contributed by atoms with E-state index in [0.717, 1.165) is 21.1 Å². The number of aromatic nitrogens is 1. The number of hydrogen-bond donors (Lipinski definition) is 1. The van der Waals surface area contributed by atoms with Gasteiger partial charge in [0, 0.05) is 16.8 Å². The van der Waals surface area contributed by atoms with Crippen LogP contribution in [-0.2, 0) is 4.79 Å². The van der Waals surface area contributed by atoms with Crippen LogP contribution in [0.5, 0.6) is 0 Å². The highest BCUT2D eigenvalue weighted by Gasteiger charge is 2.06. The number of thiazole rings is 1. The Balaban J connectivity index is 1.63. The molecule has 3 nitrogen and oxygen atoms in total. The van der Waals surface area contributed by atoms with Gasteiger partial charge in [-0.25, -0.2) is 4.98 Å². The van der Waals surface area contributed by atoms with Crippen molar-refractivity contribution in [1.82, 2.24) is 4.98 Å². The highest BCUT2D eigenvalue weighted by Crippen LogP contribution is 2.23. The lowest BCUT2D eigenvalue weighted by Crippen LogP contribution is -2.13. The summed E-state index contributed by atoms with van der Waals surface area (Å²) >= 11 is 3.04. The van der Waals surface area contributed by atoms with Gasteiger partial charge < -0.3 is 5.32 Å². The van der Waals surface area contributed by atoms with Crippen LogP contribution < -0.4 is 5.32 Å². The molecule has 0 saturated heterocycles. The SMILES string of the molecule is Cc1csc(SCC(=O)Nc2ccc3ccccc3c2)n1. The molecule has 1 N–H and O–H groups in total. The van der Waals surface area contributed by atoms with Gasteiger partial charge in [0.15, 0.2) is 4.34 Å². The van der Waals surface area contributed by atoms with Crippen LogP contribution >= 0.6 is 23.1 Å². The number of rotatable bonds is 4. The van der Waals surface area contributed by atoms with Crippen LogP contribution in [0, 0.1) is 6.92 Å². The van der Waals surface area contributed by atoms with E-state index in [4.69, 9.17) is 0 Å². The van der Waals surface area contributed by atoms with Crippen molar-refractivity contribution in [1.29, 1.82) is 0 Å². The number of carbonyl (C=O) groups excluding carboxylic acids is 1.